The van der Waals surface area contributed by atoms with Crippen molar-refractivity contribution in [3.63, 3.8) is 0 Å². The summed E-state index contributed by atoms with van der Waals surface area (Å²) >= 11 is 0. The molecule has 0 bridgehead atoms. The average molecular weight is 271 g/mol. The number of rotatable bonds is 5. The SMILES string of the molecule is CNC(c1cncc(C)c1)c1cncc(OC(C)C)c1. The quantitative estimate of drug-likeness (QED) is 0.908. The van der Waals surface area contributed by atoms with E-state index in [9.17, 15) is 0 Å². The minimum Gasteiger partial charge on any atom is -0.489 e. The van der Waals surface area contributed by atoms with E-state index < -0.39 is 0 Å². The molecule has 2 aromatic heterocycles. The van der Waals surface area contributed by atoms with Crippen LogP contribution in [0, 0.1) is 6.92 Å². The fraction of sp³-hybridized carbons (Fsp3) is 0.375. The fourth-order valence-electron chi connectivity index (χ4n) is 2.19. The van der Waals surface area contributed by atoms with E-state index in [1.165, 1.54) is 0 Å². The second-order valence-corrected chi connectivity index (χ2v) is 5.14. The third-order valence-corrected chi connectivity index (χ3v) is 2.96. The van der Waals surface area contributed by atoms with Crippen LogP contribution in [-0.4, -0.2) is 23.1 Å². The Morgan fingerprint density at radius 2 is 1.65 bits per heavy atom. The highest BCUT2D eigenvalue weighted by Crippen LogP contribution is 2.24. The van der Waals surface area contributed by atoms with Gasteiger partial charge in [-0.2, -0.15) is 0 Å². The number of aromatic nitrogens is 2. The molecule has 0 aliphatic heterocycles. The normalized spacial score (nSPS) is 12.4. The van der Waals surface area contributed by atoms with Crippen LogP contribution in [0.5, 0.6) is 5.75 Å². The van der Waals surface area contributed by atoms with Crippen molar-refractivity contribution in [3.8, 4) is 5.75 Å². The molecule has 0 aliphatic carbocycles. The van der Waals surface area contributed by atoms with E-state index in [-0.39, 0.29) is 12.1 Å². The lowest BCUT2D eigenvalue weighted by molar-refractivity contribution is 0.241. The van der Waals surface area contributed by atoms with Crippen molar-refractivity contribution in [2.24, 2.45) is 0 Å². The summed E-state index contributed by atoms with van der Waals surface area (Å²) in [5.74, 6) is 0.790. The number of nitrogens with one attached hydrogen (secondary N) is 1. The van der Waals surface area contributed by atoms with Gasteiger partial charge >= 0.3 is 0 Å². The highest BCUT2D eigenvalue weighted by atomic mass is 16.5. The van der Waals surface area contributed by atoms with E-state index >= 15 is 0 Å². The Hall–Kier alpha value is -1.94. The summed E-state index contributed by atoms with van der Waals surface area (Å²) in [6.07, 6.45) is 7.47. The largest absolute Gasteiger partial charge is 0.489 e. The lowest BCUT2D eigenvalue weighted by Crippen LogP contribution is -2.18. The van der Waals surface area contributed by atoms with E-state index in [2.05, 4.69) is 21.4 Å². The summed E-state index contributed by atoms with van der Waals surface area (Å²) < 4.78 is 5.70. The Balaban J connectivity index is 2.32. The molecule has 0 radical (unpaired) electrons. The summed E-state index contributed by atoms with van der Waals surface area (Å²) in [7, 11) is 1.93. The molecule has 1 unspecified atom stereocenters. The first kappa shape index (κ1) is 14.5. The molecule has 0 spiro atoms. The van der Waals surface area contributed by atoms with Gasteiger partial charge in [-0.3, -0.25) is 9.97 Å². The molecule has 0 saturated heterocycles. The van der Waals surface area contributed by atoms with Gasteiger partial charge in [0, 0.05) is 18.6 Å². The highest BCUT2D eigenvalue weighted by molar-refractivity contribution is 5.34. The molecule has 0 aromatic carbocycles. The number of hydrogen-bond acceptors (Lipinski definition) is 4. The van der Waals surface area contributed by atoms with Gasteiger partial charge in [0.25, 0.3) is 0 Å². The van der Waals surface area contributed by atoms with Gasteiger partial charge in [-0.1, -0.05) is 6.07 Å². The molecule has 2 rings (SSSR count). The van der Waals surface area contributed by atoms with Crippen molar-refractivity contribution < 1.29 is 4.74 Å². The molecule has 4 nitrogen and oxygen atoms in total. The smallest absolute Gasteiger partial charge is 0.138 e. The standard InChI is InChI=1S/C16H21N3O/c1-11(2)20-15-6-14(9-19-10-15)16(17-4)13-5-12(3)7-18-8-13/h5-11,16-17H,1-4H3. The Kier molecular flexibility index (Phi) is 4.69. The molecule has 106 valence electrons. The zero-order chi connectivity index (χ0) is 14.5. The maximum absolute atomic E-state index is 5.70. The predicted molar refractivity (Wildman–Crippen MR) is 79.9 cm³/mol. The van der Waals surface area contributed by atoms with Gasteiger partial charge < -0.3 is 10.1 Å². The lowest BCUT2D eigenvalue weighted by Gasteiger charge is -2.18. The Morgan fingerprint density at radius 1 is 1.00 bits per heavy atom. The zero-order valence-electron chi connectivity index (χ0n) is 12.4. The Labute approximate surface area is 120 Å². The van der Waals surface area contributed by atoms with Crippen LogP contribution in [0.3, 0.4) is 0 Å². The van der Waals surface area contributed by atoms with Crippen molar-refractivity contribution in [1.82, 2.24) is 15.3 Å². The predicted octanol–water partition coefficient (Wildman–Crippen LogP) is 2.88. The molecular weight excluding hydrogens is 250 g/mol. The van der Waals surface area contributed by atoms with Crippen molar-refractivity contribution in [3.05, 3.63) is 53.6 Å². The lowest BCUT2D eigenvalue weighted by atomic mass is 10.0. The van der Waals surface area contributed by atoms with Gasteiger partial charge in [-0.05, 0) is 50.6 Å². The molecular formula is C16H21N3O. The number of aryl methyl sites for hydroxylation is 1. The van der Waals surface area contributed by atoms with Crippen LogP contribution in [0.4, 0.5) is 0 Å². The molecule has 0 aliphatic rings. The number of pyridine rings is 2. The maximum Gasteiger partial charge on any atom is 0.138 e. The van der Waals surface area contributed by atoms with Crippen LogP contribution in [0.15, 0.2) is 36.9 Å². The first-order chi connectivity index (χ1) is 9.60. The van der Waals surface area contributed by atoms with Gasteiger partial charge in [0.05, 0.1) is 18.3 Å². The molecule has 0 amide bonds. The summed E-state index contributed by atoms with van der Waals surface area (Å²) in [5.41, 5.74) is 3.33. The Morgan fingerprint density at radius 3 is 2.25 bits per heavy atom. The minimum absolute atomic E-state index is 0.0608. The Bertz CT molecular complexity index is 569. The molecule has 2 aromatic rings. The second-order valence-electron chi connectivity index (χ2n) is 5.14. The molecule has 20 heavy (non-hydrogen) atoms. The van der Waals surface area contributed by atoms with E-state index in [4.69, 9.17) is 4.74 Å². The van der Waals surface area contributed by atoms with Crippen molar-refractivity contribution in [1.29, 1.82) is 0 Å². The number of hydrogen-bond donors (Lipinski definition) is 1. The zero-order valence-corrected chi connectivity index (χ0v) is 12.4. The van der Waals surface area contributed by atoms with Gasteiger partial charge in [0.2, 0.25) is 0 Å². The van der Waals surface area contributed by atoms with Crippen LogP contribution in [0.25, 0.3) is 0 Å². The van der Waals surface area contributed by atoms with E-state index in [0.29, 0.717) is 0 Å². The van der Waals surface area contributed by atoms with Crippen molar-refractivity contribution >= 4 is 0 Å². The van der Waals surface area contributed by atoms with Crippen molar-refractivity contribution in [2.45, 2.75) is 32.9 Å². The number of nitrogens with zero attached hydrogens (tertiary/aromatic N) is 2. The van der Waals surface area contributed by atoms with Gasteiger partial charge in [0.15, 0.2) is 0 Å². The summed E-state index contributed by atoms with van der Waals surface area (Å²) in [4.78, 5) is 8.53. The highest BCUT2D eigenvalue weighted by Gasteiger charge is 2.14. The third kappa shape index (κ3) is 3.54. The fourth-order valence-corrected chi connectivity index (χ4v) is 2.19. The summed E-state index contributed by atoms with van der Waals surface area (Å²) in [6, 6.07) is 4.21. The molecule has 0 fully saturated rings. The third-order valence-electron chi connectivity index (χ3n) is 2.96. The molecule has 4 heteroatoms. The van der Waals surface area contributed by atoms with Crippen molar-refractivity contribution in [2.75, 3.05) is 7.05 Å². The van der Waals surface area contributed by atoms with Crippen LogP contribution < -0.4 is 10.1 Å². The van der Waals surface area contributed by atoms with E-state index in [0.717, 1.165) is 22.4 Å². The van der Waals surface area contributed by atoms with Crippen LogP contribution in [-0.2, 0) is 0 Å². The second kappa shape index (κ2) is 6.48. The van der Waals surface area contributed by atoms with Gasteiger partial charge in [0.1, 0.15) is 5.75 Å². The molecule has 1 N–H and O–H groups in total. The van der Waals surface area contributed by atoms with E-state index in [1.807, 2.05) is 52.5 Å². The monoisotopic (exact) mass is 271 g/mol. The maximum atomic E-state index is 5.70. The summed E-state index contributed by atoms with van der Waals surface area (Å²) in [5, 5.41) is 3.31. The average Bonchev–Trinajstić information content (AvgIpc) is 2.39. The topological polar surface area (TPSA) is 47.0 Å². The summed E-state index contributed by atoms with van der Waals surface area (Å²) in [6.45, 7) is 6.05. The molecule has 2 heterocycles. The van der Waals surface area contributed by atoms with Gasteiger partial charge in [-0.15, -0.1) is 0 Å². The minimum atomic E-state index is 0.0608. The van der Waals surface area contributed by atoms with Crippen LogP contribution in [0.1, 0.15) is 36.6 Å². The van der Waals surface area contributed by atoms with Crippen LogP contribution >= 0.6 is 0 Å². The first-order valence-electron chi connectivity index (χ1n) is 6.80. The van der Waals surface area contributed by atoms with Crippen LogP contribution in [0.2, 0.25) is 0 Å². The van der Waals surface area contributed by atoms with Gasteiger partial charge in [-0.25, -0.2) is 0 Å². The molecule has 0 saturated carbocycles. The van der Waals surface area contributed by atoms with E-state index in [1.54, 1.807) is 6.20 Å². The number of ether oxygens (including phenoxy) is 1. The molecule has 1 atom stereocenters. The first-order valence-corrected chi connectivity index (χ1v) is 6.80.